The van der Waals surface area contributed by atoms with Crippen LogP contribution in [0.4, 0.5) is 23.7 Å². The first-order chi connectivity index (χ1) is 14.3. The number of carbonyl (C=O) groups is 1. The Morgan fingerprint density at radius 1 is 1.27 bits per heavy atom. The number of benzene rings is 2. The molecule has 0 spiro atoms. The number of amides is 2. The van der Waals surface area contributed by atoms with Gasteiger partial charge in [0, 0.05) is 18.8 Å². The van der Waals surface area contributed by atoms with Crippen molar-refractivity contribution in [3.05, 3.63) is 58.9 Å². The van der Waals surface area contributed by atoms with E-state index >= 15 is 0 Å². The zero-order valence-electron chi connectivity index (χ0n) is 16.2. The van der Waals surface area contributed by atoms with E-state index in [0.717, 1.165) is 41.8 Å². The minimum atomic E-state index is -4.60. The maximum Gasteiger partial charge on any atom is 0.417 e. The Balaban J connectivity index is 1.61. The summed E-state index contributed by atoms with van der Waals surface area (Å²) >= 11 is 5.67. The van der Waals surface area contributed by atoms with E-state index in [1.165, 1.54) is 6.07 Å². The number of imidazole rings is 1. The maximum absolute atomic E-state index is 13.1. The van der Waals surface area contributed by atoms with E-state index in [4.69, 9.17) is 16.6 Å². The summed E-state index contributed by atoms with van der Waals surface area (Å²) in [6, 6.07) is 10.4. The Morgan fingerprint density at radius 2 is 2.03 bits per heavy atom. The summed E-state index contributed by atoms with van der Waals surface area (Å²) in [5.41, 5.74) is 0.919. The van der Waals surface area contributed by atoms with Gasteiger partial charge in [-0.05, 0) is 50.1 Å². The highest BCUT2D eigenvalue weighted by molar-refractivity contribution is 6.31. The largest absolute Gasteiger partial charge is 0.417 e. The first-order valence-electron chi connectivity index (χ1n) is 9.69. The molecule has 2 heterocycles. The molecule has 4 rings (SSSR count). The maximum atomic E-state index is 13.1. The number of nitrogens with zero attached hydrogens (tertiary/aromatic N) is 3. The van der Waals surface area contributed by atoms with Gasteiger partial charge in [0.1, 0.15) is 5.82 Å². The van der Waals surface area contributed by atoms with E-state index in [-0.39, 0.29) is 11.7 Å². The standard InChI is InChI=1S/C21H20ClF3N4O/c1-2-28-17-7-4-3-6-16(17)27-19(28)18-8-5-11-29(18)20(30)26-13-9-10-15(22)14(12-13)21(23,24)25/h3-4,6-7,9-10,12,18H,2,5,8,11H2,1H3,(H,26,30). The normalized spacial score (nSPS) is 17.0. The Labute approximate surface area is 176 Å². The monoisotopic (exact) mass is 436 g/mol. The van der Waals surface area contributed by atoms with Crippen LogP contribution in [0.2, 0.25) is 5.02 Å². The van der Waals surface area contributed by atoms with Gasteiger partial charge in [-0.2, -0.15) is 13.2 Å². The van der Waals surface area contributed by atoms with Crippen molar-refractivity contribution in [2.45, 2.75) is 38.5 Å². The van der Waals surface area contributed by atoms with Gasteiger partial charge in [-0.1, -0.05) is 23.7 Å². The second-order valence-corrected chi connectivity index (χ2v) is 7.58. The second-order valence-electron chi connectivity index (χ2n) is 7.18. The smallest absolute Gasteiger partial charge is 0.327 e. The molecule has 30 heavy (non-hydrogen) atoms. The zero-order valence-corrected chi connectivity index (χ0v) is 17.0. The van der Waals surface area contributed by atoms with Crippen LogP contribution < -0.4 is 5.32 Å². The zero-order chi connectivity index (χ0) is 21.5. The van der Waals surface area contributed by atoms with Crippen molar-refractivity contribution < 1.29 is 18.0 Å². The molecule has 158 valence electrons. The highest BCUT2D eigenvalue weighted by Crippen LogP contribution is 2.37. The van der Waals surface area contributed by atoms with Crippen LogP contribution in [0.3, 0.4) is 0 Å². The molecule has 0 radical (unpaired) electrons. The minimum Gasteiger partial charge on any atom is -0.327 e. The molecule has 1 N–H and O–H groups in total. The van der Waals surface area contributed by atoms with Crippen molar-refractivity contribution in [2.24, 2.45) is 0 Å². The Hall–Kier alpha value is -2.74. The van der Waals surface area contributed by atoms with E-state index in [1.807, 2.05) is 31.2 Å². The predicted octanol–water partition coefficient (Wildman–Crippen LogP) is 6.10. The van der Waals surface area contributed by atoms with E-state index in [9.17, 15) is 18.0 Å². The van der Waals surface area contributed by atoms with Crippen molar-refractivity contribution in [1.29, 1.82) is 0 Å². The Bertz CT molecular complexity index is 1100. The van der Waals surface area contributed by atoms with Gasteiger partial charge in [0.05, 0.1) is 27.7 Å². The number of halogens is 4. The summed E-state index contributed by atoms with van der Waals surface area (Å²) < 4.78 is 41.4. The number of nitrogens with one attached hydrogen (secondary N) is 1. The number of carbonyl (C=O) groups excluding carboxylic acids is 1. The average molecular weight is 437 g/mol. The number of aryl methyl sites for hydroxylation is 1. The molecule has 2 amide bonds. The van der Waals surface area contributed by atoms with Crippen molar-refractivity contribution in [3.63, 3.8) is 0 Å². The molecular weight excluding hydrogens is 417 g/mol. The average Bonchev–Trinajstić information content (AvgIpc) is 3.32. The molecule has 0 bridgehead atoms. The lowest BCUT2D eigenvalue weighted by atomic mass is 10.2. The molecule has 1 aliphatic rings. The van der Waals surface area contributed by atoms with Crippen LogP contribution in [-0.4, -0.2) is 27.0 Å². The van der Waals surface area contributed by atoms with E-state index in [2.05, 4.69) is 9.88 Å². The molecule has 3 aromatic rings. The number of alkyl halides is 3. The molecule has 5 nitrogen and oxygen atoms in total. The molecule has 2 aromatic carbocycles. The number of hydrogen-bond acceptors (Lipinski definition) is 2. The number of fused-ring (bicyclic) bond motifs is 1. The number of likely N-dealkylation sites (tertiary alicyclic amines) is 1. The van der Waals surface area contributed by atoms with Crippen LogP contribution in [0.5, 0.6) is 0 Å². The fourth-order valence-electron chi connectivity index (χ4n) is 3.97. The lowest BCUT2D eigenvalue weighted by Gasteiger charge is -2.25. The third kappa shape index (κ3) is 3.71. The van der Waals surface area contributed by atoms with E-state index in [1.54, 1.807) is 4.90 Å². The lowest BCUT2D eigenvalue weighted by molar-refractivity contribution is -0.137. The second kappa shape index (κ2) is 7.83. The van der Waals surface area contributed by atoms with Gasteiger partial charge in [-0.15, -0.1) is 0 Å². The molecule has 0 aliphatic carbocycles. The molecule has 1 aromatic heterocycles. The fraction of sp³-hybridized carbons (Fsp3) is 0.333. The quantitative estimate of drug-likeness (QED) is 0.539. The number of urea groups is 1. The lowest BCUT2D eigenvalue weighted by Crippen LogP contribution is -2.35. The van der Waals surface area contributed by atoms with Crippen molar-refractivity contribution in [2.75, 3.05) is 11.9 Å². The third-order valence-electron chi connectivity index (χ3n) is 5.34. The predicted molar refractivity (Wildman–Crippen MR) is 110 cm³/mol. The SMILES string of the molecule is CCn1c(C2CCCN2C(=O)Nc2ccc(Cl)c(C(F)(F)F)c2)nc2ccccc21. The third-order valence-corrected chi connectivity index (χ3v) is 5.66. The number of rotatable bonds is 3. The highest BCUT2D eigenvalue weighted by atomic mass is 35.5. The van der Waals surface area contributed by atoms with Crippen molar-refractivity contribution in [1.82, 2.24) is 14.5 Å². The summed E-state index contributed by atoms with van der Waals surface area (Å²) in [5.74, 6) is 0.790. The molecule has 1 unspecified atom stereocenters. The number of anilines is 1. The summed E-state index contributed by atoms with van der Waals surface area (Å²) in [7, 11) is 0. The van der Waals surface area contributed by atoms with Crippen LogP contribution in [0, 0.1) is 0 Å². The first kappa shape index (κ1) is 20.5. The molecule has 1 saturated heterocycles. The van der Waals surface area contributed by atoms with Crippen LogP contribution >= 0.6 is 11.6 Å². The molecule has 9 heteroatoms. The molecule has 1 fully saturated rings. The number of aromatic nitrogens is 2. The van der Waals surface area contributed by atoms with Crippen LogP contribution in [0.25, 0.3) is 11.0 Å². The van der Waals surface area contributed by atoms with E-state index < -0.39 is 22.8 Å². The molecule has 0 saturated carbocycles. The summed E-state index contributed by atoms with van der Waals surface area (Å²) in [6.45, 7) is 3.22. The topological polar surface area (TPSA) is 50.2 Å². The number of hydrogen-bond donors (Lipinski definition) is 1. The molecule has 1 aliphatic heterocycles. The Kier molecular flexibility index (Phi) is 5.36. The summed E-state index contributed by atoms with van der Waals surface area (Å²) in [6.07, 6.45) is -3.06. The van der Waals surface area contributed by atoms with Gasteiger partial charge in [0.2, 0.25) is 0 Å². The summed E-state index contributed by atoms with van der Waals surface area (Å²) in [4.78, 5) is 19.3. The van der Waals surface area contributed by atoms with Gasteiger partial charge in [0.15, 0.2) is 0 Å². The fourth-order valence-corrected chi connectivity index (χ4v) is 4.20. The van der Waals surface area contributed by atoms with Crippen molar-refractivity contribution in [3.8, 4) is 0 Å². The van der Waals surface area contributed by atoms with Gasteiger partial charge in [0.25, 0.3) is 0 Å². The number of para-hydroxylation sites is 2. The molecular formula is C21H20ClF3N4O. The van der Waals surface area contributed by atoms with E-state index in [0.29, 0.717) is 13.1 Å². The van der Waals surface area contributed by atoms with Crippen LogP contribution in [0.15, 0.2) is 42.5 Å². The van der Waals surface area contributed by atoms with Gasteiger partial charge in [-0.25, -0.2) is 9.78 Å². The minimum absolute atomic E-state index is 0.0476. The molecule has 1 atom stereocenters. The Morgan fingerprint density at radius 3 is 2.77 bits per heavy atom. The van der Waals surface area contributed by atoms with Gasteiger partial charge >= 0.3 is 12.2 Å². The van der Waals surface area contributed by atoms with Gasteiger partial charge < -0.3 is 14.8 Å². The van der Waals surface area contributed by atoms with Crippen molar-refractivity contribution >= 4 is 34.4 Å². The van der Waals surface area contributed by atoms with Crippen LogP contribution in [-0.2, 0) is 12.7 Å². The van der Waals surface area contributed by atoms with Crippen LogP contribution in [0.1, 0.15) is 37.2 Å². The first-order valence-corrected chi connectivity index (χ1v) is 10.1. The highest BCUT2D eigenvalue weighted by Gasteiger charge is 2.35. The van der Waals surface area contributed by atoms with Gasteiger partial charge in [-0.3, -0.25) is 0 Å². The summed E-state index contributed by atoms with van der Waals surface area (Å²) in [5, 5.41) is 2.18.